The van der Waals surface area contributed by atoms with E-state index in [1.165, 1.54) is 6.92 Å². The van der Waals surface area contributed by atoms with E-state index < -0.39 is 18.0 Å². The number of carbonyl (C=O) groups is 2. The second-order valence-corrected chi connectivity index (χ2v) is 3.94. The molecule has 1 rings (SSSR count). The van der Waals surface area contributed by atoms with Crippen LogP contribution in [0.25, 0.3) is 0 Å². The smallest absolute Gasteiger partial charge is 0.318 e. The van der Waals surface area contributed by atoms with Gasteiger partial charge in [-0.2, -0.15) is 0 Å². The van der Waals surface area contributed by atoms with Crippen molar-refractivity contribution in [3.05, 3.63) is 29.8 Å². The molecule has 0 spiro atoms. The molecular formula is C12H17N3O3. The van der Waals surface area contributed by atoms with E-state index in [2.05, 4.69) is 0 Å². The van der Waals surface area contributed by atoms with Gasteiger partial charge < -0.3 is 16.2 Å². The Morgan fingerprint density at radius 3 is 2.44 bits per heavy atom. The predicted molar refractivity (Wildman–Crippen MR) is 66.9 cm³/mol. The summed E-state index contributed by atoms with van der Waals surface area (Å²) in [7, 11) is 0. The first-order valence-corrected chi connectivity index (χ1v) is 5.53. The van der Waals surface area contributed by atoms with Crippen LogP contribution in [0.2, 0.25) is 0 Å². The van der Waals surface area contributed by atoms with Gasteiger partial charge in [-0.25, -0.2) is 4.79 Å². The Morgan fingerprint density at radius 1 is 1.28 bits per heavy atom. The first-order valence-electron chi connectivity index (χ1n) is 5.53. The molecule has 0 aromatic heterocycles. The van der Waals surface area contributed by atoms with E-state index in [-0.39, 0.29) is 6.04 Å². The summed E-state index contributed by atoms with van der Waals surface area (Å²) in [5.41, 5.74) is 11.4. The van der Waals surface area contributed by atoms with Crippen molar-refractivity contribution in [1.29, 1.82) is 0 Å². The van der Waals surface area contributed by atoms with Crippen molar-refractivity contribution in [2.45, 2.75) is 26.0 Å². The SMILES string of the molecule is CC(Oc1ccccc1[C@@H](C)N)C(=O)NC(N)=O. The number of amides is 3. The third-order valence-electron chi connectivity index (χ3n) is 2.33. The van der Waals surface area contributed by atoms with E-state index in [0.717, 1.165) is 5.56 Å². The van der Waals surface area contributed by atoms with Crippen molar-refractivity contribution in [3.8, 4) is 5.75 Å². The fraction of sp³-hybridized carbons (Fsp3) is 0.333. The lowest BCUT2D eigenvalue weighted by Crippen LogP contribution is -2.42. The molecule has 5 N–H and O–H groups in total. The molecule has 0 heterocycles. The van der Waals surface area contributed by atoms with Crippen LogP contribution < -0.4 is 21.5 Å². The van der Waals surface area contributed by atoms with Crippen molar-refractivity contribution in [2.24, 2.45) is 11.5 Å². The Bertz CT molecular complexity index is 446. The molecule has 0 saturated carbocycles. The summed E-state index contributed by atoms with van der Waals surface area (Å²) in [6.45, 7) is 3.34. The Balaban J connectivity index is 2.78. The lowest BCUT2D eigenvalue weighted by atomic mass is 10.1. The van der Waals surface area contributed by atoms with Gasteiger partial charge >= 0.3 is 6.03 Å². The Labute approximate surface area is 105 Å². The van der Waals surface area contributed by atoms with Gasteiger partial charge in [0.05, 0.1) is 0 Å². The van der Waals surface area contributed by atoms with E-state index in [9.17, 15) is 9.59 Å². The normalized spacial score (nSPS) is 13.5. The third-order valence-corrected chi connectivity index (χ3v) is 2.33. The summed E-state index contributed by atoms with van der Waals surface area (Å²) < 4.78 is 5.47. The summed E-state index contributed by atoms with van der Waals surface area (Å²) in [6, 6.07) is 6.02. The Morgan fingerprint density at radius 2 is 1.89 bits per heavy atom. The summed E-state index contributed by atoms with van der Waals surface area (Å²) in [4.78, 5) is 22.0. The number of nitrogens with two attached hydrogens (primary N) is 2. The van der Waals surface area contributed by atoms with Gasteiger partial charge in [-0.05, 0) is 19.9 Å². The molecule has 6 heteroatoms. The Kier molecular flexibility index (Phi) is 4.67. The number of para-hydroxylation sites is 1. The summed E-state index contributed by atoms with van der Waals surface area (Å²) in [6.07, 6.45) is -0.836. The number of carbonyl (C=O) groups excluding carboxylic acids is 2. The first-order chi connectivity index (χ1) is 8.41. The van der Waals surface area contributed by atoms with E-state index in [0.29, 0.717) is 5.75 Å². The van der Waals surface area contributed by atoms with Crippen LogP contribution in [0, 0.1) is 0 Å². The van der Waals surface area contributed by atoms with E-state index in [4.69, 9.17) is 16.2 Å². The second-order valence-electron chi connectivity index (χ2n) is 3.94. The third kappa shape index (κ3) is 3.74. The molecule has 6 nitrogen and oxygen atoms in total. The number of ether oxygens (including phenoxy) is 1. The number of imide groups is 1. The van der Waals surface area contributed by atoms with E-state index >= 15 is 0 Å². The second kappa shape index (κ2) is 6.02. The molecule has 2 atom stereocenters. The van der Waals surface area contributed by atoms with Crippen LogP contribution in [-0.4, -0.2) is 18.0 Å². The number of hydrogen-bond donors (Lipinski definition) is 3. The molecule has 0 aliphatic heterocycles. The topological polar surface area (TPSA) is 107 Å². The van der Waals surface area contributed by atoms with Crippen LogP contribution in [0.3, 0.4) is 0 Å². The average Bonchev–Trinajstić information content (AvgIpc) is 2.28. The van der Waals surface area contributed by atoms with Gasteiger partial charge in [-0.1, -0.05) is 18.2 Å². The van der Waals surface area contributed by atoms with Crippen LogP contribution in [0.15, 0.2) is 24.3 Å². The van der Waals surface area contributed by atoms with Crippen LogP contribution in [-0.2, 0) is 4.79 Å². The predicted octanol–water partition coefficient (Wildman–Crippen LogP) is 0.669. The van der Waals surface area contributed by atoms with Crippen LogP contribution >= 0.6 is 0 Å². The monoisotopic (exact) mass is 251 g/mol. The number of primary amides is 1. The molecule has 1 unspecified atom stereocenters. The molecule has 0 fully saturated rings. The van der Waals surface area contributed by atoms with Gasteiger partial charge in [0, 0.05) is 11.6 Å². The largest absolute Gasteiger partial charge is 0.481 e. The zero-order chi connectivity index (χ0) is 13.7. The quantitative estimate of drug-likeness (QED) is 0.730. The standard InChI is InChI=1S/C12H17N3O3/c1-7(13)9-5-3-4-6-10(9)18-8(2)11(16)15-12(14)17/h3-8H,13H2,1-2H3,(H3,14,15,16,17)/t7-,8?/m1/s1. The van der Waals surface area contributed by atoms with Gasteiger partial charge in [-0.15, -0.1) is 0 Å². The summed E-state index contributed by atoms with van der Waals surface area (Å²) in [5, 5.41) is 1.96. The van der Waals surface area contributed by atoms with Crippen molar-refractivity contribution in [2.75, 3.05) is 0 Å². The molecule has 3 amide bonds. The molecule has 18 heavy (non-hydrogen) atoms. The zero-order valence-electron chi connectivity index (χ0n) is 10.3. The molecule has 0 radical (unpaired) electrons. The minimum atomic E-state index is -0.907. The maximum atomic E-state index is 11.5. The molecule has 0 aliphatic rings. The highest BCUT2D eigenvalue weighted by Gasteiger charge is 2.18. The molecule has 1 aromatic rings. The highest BCUT2D eigenvalue weighted by molar-refractivity contribution is 5.95. The highest BCUT2D eigenvalue weighted by Crippen LogP contribution is 2.24. The molecule has 0 bridgehead atoms. The summed E-state index contributed by atoms with van der Waals surface area (Å²) in [5.74, 6) is -0.0819. The molecule has 0 aliphatic carbocycles. The van der Waals surface area contributed by atoms with Gasteiger partial charge in [0.25, 0.3) is 5.91 Å². The lowest BCUT2D eigenvalue weighted by molar-refractivity contribution is -0.126. The molecule has 98 valence electrons. The number of nitrogens with one attached hydrogen (secondary N) is 1. The van der Waals surface area contributed by atoms with Crippen molar-refractivity contribution in [1.82, 2.24) is 5.32 Å². The lowest BCUT2D eigenvalue weighted by Gasteiger charge is -2.17. The average molecular weight is 251 g/mol. The van der Waals surface area contributed by atoms with Crippen molar-refractivity contribution in [3.63, 3.8) is 0 Å². The van der Waals surface area contributed by atoms with Gasteiger partial charge in [0.15, 0.2) is 6.10 Å². The zero-order valence-corrected chi connectivity index (χ0v) is 10.3. The minimum Gasteiger partial charge on any atom is -0.481 e. The van der Waals surface area contributed by atoms with Crippen LogP contribution in [0.5, 0.6) is 5.75 Å². The molecule has 1 aromatic carbocycles. The highest BCUT2D eigenvalue weighted by atomic mass is 16.5. The van der Waals surface area contributed by atoms with Crippen molar-refractivity contribution >= 4 is 11.9 Å². The minimum absolute atomic E-state index is 0.215. The number of urea groups is 1. The summed E-state index contributed by atoms with van der Waals surface area (Å²) >= 11 is 0. The first kappa shape index (κ1) is 14.0. The number of rotatable bonds is 4. The molecule has 0 saturated heterocycles. The van der Waals surface area contributed by atoms with Crippen LogP contribution in [0.4, 0.5) is 4.79 Å². The van der Waals surface area contributed by atoms with Gasteiger partial charge in [-0.3, -0.25) is 10.1 Å². The Hall–Kier alpha value is -2.08. The van der Waals surface area contributed by atoms with Gasteiger partial charge in [0.2, 0.25) is 0 Å². The number of hydrogen-bond acceptors (Lipinski definition) is 4. The van der Waals surface area contributed by atoms with Crippen LogP contribution in [0.1, 0.15) is 25.5 Å². The van der Waals surface area contributed by atoms with Crippen molar-refractivity contribution < 1.29 is 14.3 Å². The fourth-order valence-corrected chi connectivity index (χ4v) is 1.43. The van der Waals surface area contributed by atoms with E-state index in [1.54, 1.807) is 12.1 Å². The maximum Gasteiger partial charge on any atom is 0.318 e. The molecular weight excluding hydrogens is 234 g/mol. The number of benzene rings is 1. The van der Waals surface area contributed by atoms with E-state index in [1.807, 2.05) is 24.4 Å². The van der Waals surface area contributed by atoms with Gasteiger partial charge in [0.1, 0.15) is 5.75 Å². The maximum absolute atomic E-state index is 11.5. The fourth-order valence-electron chi connectivity index (χ4n) is 1.43.